The third-order valence-electron chi connectivity index (χ3n) is 3.73. The van der Waals surface area contributed by atoms with Crippen LogP contribution >= 0.6 is 22.9 Å². The first-order valence-electron chi connectivity index (χ1n) is 8.33. The Balaban J connectivity index is 1.83. The minimum atomic E-state index is -0.522. The van der Waals surface area contributed by atoms with Crippen molar-refractivity contribution in [2.45, 2.75) is 32.9 Å². The Bertz CT molecular complexity index is 572. The minimum Gasteiger partial charge on any atom is -0.491 e. The maximum Gasteiger partial charge on any atom is 0.119 e. The van der Waals surface area contributed by atoms with Gasteiger partial charge in [0.1, 0.15) is 18.5 Å². The number of ether oxygens (including phenoxy) is 1. The highest BCUT2D eigenvalue weighted by Gasteiger charge is 2.14. The molecule has 132 valence electrons. The summed E-state index contributed by atoms with van der Waals surface area (Å²) in [5.74, 6) is 1.38. The van der Waals surface area contributed by atoms with Crippen LogP contribution in [0.5, 0.6) is 5.75 Å². The van der Waals surface area contributed by atoms with Crippen LogP contribution in [-0.2, 0) is 6.54 Å². The zero-order valence-corrected chi connectivity index (χ0v) is 15.9. The molecule has 0 aliphatic carbocycles. The molecule has 0 aliphatic heterocycles. The summed E-state index contributed by atoms with van der Waals surface area (Å²) < 4.78 is 5.65. The Morgan fingerprint density at radius 1 is 1.21 bits per heavy atom. The van der Waals surface area contributed by atoms with E-state index >= 15 is 0 Å². The molecule has 0 bridgehead atoms. The lowest BCUT2D eigenvalue weighted by atomic mass is 10.1. The van der Waals surface area contributed by atoms with Crippen LogP contribution in [0.15, 0.2) is 41.1 Å². The Labute approximate surface area is 153 Å². The van der Waals surface area contributed by atoms with E-state index in [1.807, 2.05) is 12.1 Å². The number of thiophene rings is 1. The van der Waals surface area contributed by atoms with Gasteiger partial charge in [0.25, 0.3) is 0 Å². The van der Waals surface area contributed by atoms with Gasteiger partial charge < -0.3 is 9.84 Å². The van der Waals surface area contributed by atoms with E-state index in [1.165, 1.54) is 5.56 Å². The van der Waals surface area contributed by atoms with E-state index in [2.05, 4.69) is 35.6 Å². The van der Waals surface area contributed by atoms with Gasteiger partial charge in [0.15, 0.2) is 0 Å². The molecular weight excluding hydrogens is 342 g/mol. The van der Waals surface area contributed by atoms with E-state index in [0.29, 0.717) is 17.5 Å². The monoisotopic (exact) mass is 367 g/mol. The maximum atomic E-state index is 10.3. The Kier molecular flexibility index (Phi) is 8.06. The molecule has 3 nitrogen and oxygen atoms in total. The normalized spacial score (nSPS) is 12.8. The number of aliphatic hydroxyl groups is 1. The van der Waals surface area contributed by atoms with E-state index in [-0.39, 0.29) is 6.61 Å². The lowest BCUT2D eigenvalue weighted by Crippen LogP contribution is -2.36. The highest BCUT2D eigenvalue weighted by molar-refractivity contribution is 7.07. The van der Waals surface area contributed by atoms with Gasteiger partial charge in [-0.3, -0.25) is 4.90 Å². The van der Waals surface area contributed by atoms with E-state index in [9.17, 15) is 5.11 Å². The second-order valence-electron chi connectivity index (χ2n) is 6.47. The SMILES string of the molecule is CC(C)CCN(Cc1ccsc1)C[C@@H](O)COc1ccc(Cl)cc1. The fourth-order valence-electron chi connectivity index (χ4n) is 2.39. The van der Waals surface area contributed by atoms with Gasteiger partial charge >= 0.3 is 0 Å². The minimum absolute atomic E-state index is 0.281. The molecule has 1 aromatic heterocycles. The van der Waals surface area contributed by atoms with Crippen molar-refractivity contribution in [2.24, 2.45) is 5.92 Å². The van der Waals surface area contributed by atoms with Crippen LogP contribution in [0.2, 0.25) is 5.02 Å². The molecule has 2 rings (SSSR count). The predicted octanol–water partition coefficient (Wildman–Crippen LogP) is 4.69. The molecule has 0 saturated carbocycles. The molecule has 2 aromatic rings. The molecule has 0 spiro atoms. The maximum absolute atomic E-state index is 10.3. The fourth-order valence-corrected chi connectivity index (χ4v) is 3.18. The molecule has 1 heterocycles. The van der Waals surface area contributed by atoms with Crippen molar-refractivity contribution in [3.63, 3.8) is 0 Å². The third-order valence-corrected chi connectivity index (χ3v) is 4.72. The second-order valence-corrected chi connectivity index (χ2v) is 7.68. The first kappa shape index (κ1) is 19.3. The number of aliphatic hydroxyl groups excluding tert-OH is 1. The summed E-state index contributed by atoms with van der Waals surface area (Å²) in [7, 11) is 0. The van der Waals surface area contributed by atoms with Crippen LogP contribution in [0.1, 0.15) is 25.8 Å². The van der Waals surface area contributed by atoms with Gasteiger partial charge in [-0.15, -0.1) is 0 Å². The van der Waals surface area contributed by atoms with E-state index in [1.54, 1.807) is 23.5 Å². The average Bonchev–Trinajstić information content (AvgIpc) is 3.05. The molecule has 0 aliphatic rings. The lowest BCUT2D eigenvalue weighted by molar-refractivity contribution is 0.0640. The van der Waals surface area contributed by atoms with Crippen molar-refractivity contribution in [2.75, 3.05) is 19.7 Å². The molecule has 0 radical (unpaired) electrons. The molecule has 5 heteroatoms. The van der Waals surface area contributed by atoms with Crippen LogP contribution in [0.25, 0.3) is 0 Å². The first-order chi connectivity index (χ1) is 11.5. The quantitative estimate of drug-likeness (QED) is 0.661. The molecule has 24 heavy (non-hydrogen) atoms. The molecule has 0 unspecified atom stereocenters. The lowest BCUT2D eigenvalue weighted by Gasteiger charge is -2.25. The van der Waals surface area contributed by atoms with Crippen molar-refractivity contribution >= 4 is 22.9 Å². The summed E-state index contributed by atoms with van der Waals surface area (Å²) in [5.41, 5.74) is 1.30. The van der Waals surface area contributed by atoms with Crippen molar-refractivity contribution < 1.29 is 9.84 Å². The van der Waals surface area contributed by atoms with Crippen molar-refractivity contribution in [3.8, 4) is 5.75 Å². The van der Waals surface area contributed by atoms with E-state index < -0.39 is 6.10 Å². The molecule has 1 atom stereocenters. The van der Waals surface area contributed by atoms with Gasteiger partial charge in [-0.1, -0.05) is 25.4 Å². The zero-order chi connectivity index (χ0) is 17.4. The highest BCUT2D eigenvalue weighted by atomic mass is 35.5. The van der Waals surface area contributed by atoms with Crippen LogP contribution in [0.3, 0.4) is 0 Å². The third kappa shape index (κ3) is 7.22. The zero-order valence-electron chi connectivity index (χ0n) is 14.3. The number of hydrogen-bond acceptors (Lipinski definition) is 4. The van der Waals surface area contributed by atoms with Crippen LogP contribution in [0.4, 0.5) is 0 Å². The van der Waals surface area contributed by atoms with Gasteiger partial charge in [0.2, 0.25) is 0 Å². The summed E-state index contributed by atoms with van der Waals surface area (Å²) in [6, 6.07) is 9.35. The summed E-state index contributed by atoms with van der Waals surface area (Å²) in [4.78, 5) is 2.30. The van der Waals surface area contributed by atoms with Crippen molar-refractivity contribution in [3.05, 3.63) is 51.7 Å². The Hall–Kier alpha value is -1.07. The summed E-state index contributed by atoms with van der Waals surface area (Å²) in [5, 5.41) is 15.3. The van der Waals surface area contributed by atoms with E-state index in [0.717, 1.165) is 25.3 Å². The van der Waals surface area contributed by atoms with Crippen molar-refractivity contribution in [1.29, 1.82) is 0 Å². The smallest absolute Gasteiger partial charge is 0.119 e. The predicted molar refractivity (Wildman–Crippen MR) is 102 cm³/mol. The van der Waals surface area contributed by atoms with Gasteiger partial charge in [-0.25, -0.2) is 0 Å². The number of hydrogen-bond donors (Lipinski definition) is 1. The van der Waals surface area contributed by atoms with Gasteiger partial charge in [0.05, 0.1) is 0 Å². The molecule has 0 amide bonds. The second kappa shape index (κ2) is 10.0. The molecule has 0 fully saturated rings. The largest absolute Gasteiger partial charge is 0.491 e. The van der Waals surface area contributed by atoms with Gasteiger partial charge in [0, 0.05) is 18.1 Å². The number of halogens is 1. The summed E-state index contributed by atoms with van der Waals surface area (Å²) >= 11 is 7.57. The summed E-state index contributed by atoms with van der Waals surface area (Å²) in [6.07, 6.45) is 0.598. The van der Waals surface area contributed by atoms with Gasteiger partial charge in [-0.2, -0.15) is 11.3 Å². The van der Waals surface area contributed by atoms with Crippen molar-refractivity contribution in [1.82, 2.24) is 4.90 Å². The molecule has 1 aromatic carbocycles. The van der Waals surface area contributed by atoms with Crippen LogP contribution < -0.4 is 4.74 Å². The molecule has 0 saturated heterocycles. The van der Waals surface area contributed by atoms with Gasteiger partial charge in [-0.05, 0) is 65.5 Å². The average molecular weight is 368 g/mol. The van der Waals surface area contributed by atoms with Crippen LogP contribution in [-0.4, -0.2) is 35.8 Å². The number of rotatable bonds is 10. The van der Waals surface area contributed by atoms with Crippen LogP contribution in [0, 0.1) is 5.92 Å². The topological polar surface area (TPSA) is 32.7 Å². The number of nitrogens with zero attached hydrogens (tertiary/aromatic N) is 1. The fraction of sp³-hybridized carbons (Fsp3) is 0.474. The molecular formula is C19H26ClNO2S. The summed E-state index contributed by atoms with van der Waals surface area (Å²) in [6.45, 7) is 7.19. The highest BCUT2D eigenvalue weighted by Crippen LogP contribution is 2.16. The van der Waals surface area contributed by atoms with E-state index in [4.69, 9.17) is 16.3 Å². The molecule has 1 N–H and O–H groups in total. The standard InChI is InChI=1S/C19H26ClNO2S/c1-15(2)7-9-21(11-16-8-10-24-14-16)12-18(22)13-23-19-5-3-17(20)4-6-19/h3-6,8,10,14-15,18,22H,7,9,11-13H2,1-2H3/t18-/m1/s1. The number of benzene rings is 1. The Morgan fingerprint density at radius 2 is 1.96 bits per heavy atom. The first-order valence-corrected chi connectivity index (χ1v) is 9.65. The Morgan fingerprint density at radius 3 is 2.58 bits per heavy atom.